The van der Waals surface area contributed by atoms with E-state index in [9.17, 15) is 4.79 Å². The summed E-state index contributed by atoms with van der Waals surface area (Å²) in [5, 5.41) is 8.91. The first-order valence-corrected chi connectivity index (χ1v) is 4.98. The molecule has 0 saturated carbocycles. The van der Waals surface area contributed by atoms with Gasteiger partial charge in [-0.2, -0.15) is 0 Å². The molecule has 1 aliphatic carbocycles. The van der Waals surface area contributed by atoms with Gasteiger partial charge < -0.3 is 5.11 Å². The van der Waals surface area contributed by atoms with Gasteiger partial charge in [0.2, 0.25) is 0 Å². The Labute approximate surface area is 76.4 Å². The number of allylic oxidation sites excluding steroid dienone is 2. The molecule has 0 aromatic rings. The molecule has 1 N–H and O–H groups in total. The van der Waals surface area contributed by atoms with Crippen LogP contribution in [0.15, 0.2) is 23.1 Å². The van der Waals surface area contributed by atoms with E-state index >= 15 is 0 Å². The fourth-order valence-corrected chi connectivity index (χ4v) is 1.76. The molecule has 1 unspecified atom stereocenters. The molecule has 1 atom stereocenters. The smallest absolute Gasteiger partial charge is 0.317 e. The van der Waals surface area contributed by atoms with Crippen LogP contribution in [0.2, 0.25) is 0 Å². The van der Waals surface area contributed by atoms with E-state index in [1.807, 2.05) is 18.4 Å². The lowest BCUT2D eigenvalue weighted by Crippen LogP contribution is -2.24. The maximum Gasteiger partial charge on any atom is 0.317 e. The fraction of sp³-hybridized carbons (Fsp3) is 0.444. The molecule has 12 heavy (non-hydrogen) atoms. The minimum atomic E-state index is -0.795. The lowest BCUT2D eigenvalue weighted by Gasteiger charge is -2.21. The van der Waals surface area contributed by atoms with Crippen molar-refractivity contribution in [2.75, 3.05) is 6.26 Å². The second-order valence-corrected chi connectivity index (χ2v) is 3.94. The number of carbonyl (C=O) groups is 1. The molecule has 0 saturated heterocycles. The summed E-state index contributed by atoms with van der Waals surface area (Å²) >= 11 is 1.61. The minimum absolute atomic E-state index is 0.787. The fourth-order valence-electron chi connectivity index (χ4n) is 1.14. The Hall–Kier alpha value is -0.700. The highest BCUT2D eigenvalue weighted by atomic mass is 32.2. The van der Waals surface area contributed by atoms with E-state index in [0.717, 1.165) is 11.3 Å². The van der Waals surface area contributed by atoms with Gasteiger partial charge in [0.15, 0.2) is 0 Å². The summed E-state index contributed by atoms with van der Waals surface area (Å²) in [6.45, 7) is 1.71. The predicted molar refractivity (Wildman–Crippen MR) is 51.1 cm³/mol. The summed E-state index contributed by atoms with van der Waals surface area (Å²) < 4.78 is 0. The first-order chi connectivity index (χ1) is 5.58. The van der Waals surface area contributed by atoms with E-state index in [1.54, 1.807) is 24.8 Å². The summed E-state index contributed by atoms with van der Waals surface area (Å²) in [6.07, 6.45) is 8.31. The molecule has 0 spiro atoms. The molecule has 0 heterocycles. The molecule has 0 aliphatic heterocycles. The van der Waals surface area contributed by atoms with Crippen LogP contribution in [0.1, 0.15) is 13.3 Å². The number of carboxylic acids is 1. The lowest BCUT2D eigenvalue weighted by atomic mass is 9.86. The number of carboxylic acid groups (broad SMARTS) is 1. The SMILES string of the molecule is CSC1=CC(C)(C(=O)O)C=CC1. The zero-order valence-corrected chi connectivity index (χ0v) is 8.02. The first-order valence-electron chi connectivity index (χ1n) is 3.75. The van der Waals surface area contributed by atoms with Crippen molar-refractivity contribution in [2.24, 2.45) is 5.41 Å². The predicted octanol–water partition coefficient (Wildman–Crippen LogP) is 2.28. The number of hydrogen-bond acceptors (Lipinski definition) is 2. The maximum absolute atomic E-state index is 10.8. The Bertz CT molecular complexity index is 255. The van der Waals surface area contributed by atoms with E-state index in [2.05, 4.69) is 0 Å². The molecular formula is C9H12O2S. The normalized spacial score (nSPS) is 28.3. The molecule has 3 heteroatoms. The van der Waals surface area contributed by atoms with Crippen LogP contribution in [0.4, 0.5) is 0 Å². The van der Waals surface area contributed by atoms with Crippen LogP contribution in [-0.2, 0) is 4.79 Å². The zero-order valence-electron chi connectivity index (χ0n) is 7.20. The molecule has 0 aromatic heterocycles. The van der Waals surface area contributed by atoms with Gasteiger partial charge in [-0.15, -0.1) is 11.8 Å². The third-order valence-corrected chi connectivity index (χ3v) is 2.78. The molecule has 1 aliphatic rings. The van der Waals surface area contributed by atoms with Gasteiger partial charge in [-0.3, -0.25) is 4.79 Å². The standard InChI is InChI=1S/C9H12O2S/c1-9(8(10)11)5-3-4-7(6-9)12-2/h3,5-6H,4H2,1-2H3,(H,10,11). The van der Waals surface area contributed by atoms with Gasteiger partial charge in [-0.25, -0.2) is 0 Å². The van der Waals surface area contributed by atoms with Gasteiger partial charge in [0.05, 0.1) is 0 Å². The first kappa shape index (κ1) is 9.39. The highest BCUT2D eigenvalue weighted by Crippen LogP contribution is 2.32. The molecule has 0 aromatic carbocycles. The van der Waals surface area contributed by atoms with Crippen molar-refractivity contribution in [1.29, 1.82) is 0 Å². The summed E-state index contributed by atoms with van der Waals surface area (Å²) in [7, 11) is 0. The number of hydrogen-bond donors (Lipinski definition) is 1. The van der Waals surface area contributed by atoms with Crippen molar-refractivity contribution in [1.82, 2.24) is 0 Å². The van der Waals surface area contributed by atoms with E-state index in [4.69, 9.17) is 5.11 Å². The third-order valence-electron chi connectivity index (χ3n) is 1.97. The van der Waals surface area contributed by atoms with Gasteiger partial charge in [0, 0.05) is 0 Å². The highest BCUT2D eigenvalue weighted by Gasteiger charge is 2.29. The summed E-state index contributed by atoms with van der Waals surface area (Å²) in [5.74, 6) is -0.787. The third kappa shape index (κ3) is 1.72. The largest absolute Gasteiger partial charge is 0.480 e. The highest BCUT2D eigenvalue weighted by molar-refractivity contribution is 8.02. The molecule has 0 bridgehead atoms. The summed E-state index contributed by atoms with van der Waals surface area (Å²) in [6, 6.07) is 0. The minimum Gasteiger partial charge on any atom is -0.480 e. The van der Waals surface area contributed by atoms with Crippen molar-refractivity contribution in [3.63, 3.8) is 0 Å². The van der Waals surface area contributed by atoms with E-state index < -0.39 is 11.4 Å². The van der Waals surface area contributed by atoms with Crippen LogP contribution in [0.3, 0.4) is 0 Å². The Kier molecular flexibility index (Phi) is 2.62. The van der Waals surface area contributed by atoms with Crippen molar-refractivity contribution >= 4 is 17.7 Å². The van der Waals surface area contributed by atoms with Gasteiger partial charge in [-0.05, 0) is 24.5 Å². The van der Waals surface area contributed by atoms with Crippen LogP contribution in [0, 0.1) is 5.41 Å². The number of aliphatic carboxylic acids is 1. The van der Waals surface area contributed by atoms with E-state index in [1.165, 1.54) is 0 Å². The second kappa shape index (κ2) is 3.35. The zero-order chi connectivity index (χ0) is 9.19. The van der Waals surface area contributed by atoms with Gasteiger partial charge in [0.25, 0.3) is 0 Å². The van der Waals surface area contributed by atoms with Crippen LogP contribution in [0.5, 0.6) is 0 Å². The average Bonchev–Trinajstić information content (AvgIpc) is 2.04. The second-order valence-electron chi connectivity index (χ2n) is 3.01. The molecule has 66 valence electrons. The Morgan fingerprint density at radius 2 is 2.42 bits per heavy atom. The van der Waals surface area contributed by atoms with Crippen molar-refractivity contribution in [2.45, 2.75) is 13.3 Å². The van der Waals surface area contributed by atoms with E-state index in [-0.39, 0.29) is 0 Å². The van der Waals surface area contributed by atoms with E-state index in [0.29, 0.717) is 0 Å². The Morgan fingerprint density at radius 1 is 1.75 bits per heavy atom. The van der Waals surface area contributed by atoms with Crippen LogP contribution < -0.4 is 0 Å². The van der Waals surface area contributed by atoms with Crippen LogP contribution in [0.25, 0.3) is 0 Å². The Balaban J connectivity index is 2.91. The van der Waals surface area contributed by atoms with Crippen molar-refractivity contribution in [3.8, 4) is 0 Å². The topological polar surface area (TPSA) is 37.3 Å². The molecule has 2 nitrogen and oxygen atoms in total. The van der Waals surface area contributed by atoms with Crippen LogP contribution >= 0.6 is 11.8 Å². The quantitative estimate of drug-likeness (QED) is 0.669. The van der Waals surface area contributed by atoms with Crippen molar-refractivity contribution < 1.29 is 9.90 Å². The molecule has 0 fully saturated rings. The van der Waals surface area contributed by atoms with Crippen molar-refractivity contribution in [3.05, 3.63) is 23.1 Å². The Morgan fingerprint density at radius 3 is 2.92 bits per heavy atom. The van der Waals surface area contributed by atoms with Gasteiger partial charge in [-0.1, -0.05) is 18.2 Å². The average molecular weight is 184 g/mol. The lowest BCUT2D eigenvalue weighted by molar-refractivity contribution is -0.142. The van der Waals surface area contributed by atoms with Crippen LogP contribution in [-0.4, -0.2) is 17.3 Å². The molecular weight excluding hydrogens is 172 g/mol. The molecule has 1 rings (SSSR count). The molecule has 0 radical (unpaired) electrons. The summed E-state index contributed by atoms with van der Waals surface area (Å²) in [5.41, 5.74) is -0.795. The number of rotatable bonds is 2. The van der Waals surface area contributed by atoms with Gasteiger partial charge in [0.1, 0.15) is 5.41 Å². The monoisotopic (exact) mass is 184 g/mol. The van der Waals surface area contributed by atoms with Gasteiger partial charge >= 0.3 is 5.97 Å². The molecule has 0 amide bonds. The summed E-state index contributed by atoms with van der Waals surface area (Å²) in [4.78, 5) is 12.0. The maximum atomic E-state index is 10.8. The number of thioether (sulfide) groups is 1.